The Morgan fingerprint density at radius 1 is 1.04 bits per heavy atom. The lowest BCUT2D eigenvalue weighted by atomic mass is 10.0. The number of benzene rings is 3. The molecular formula is C21H18N2O2S. The molecular weight excluding hydrogens is 344 g/mol. The summed E-state index contributed by atoms with van der Waals surface area (Å²) in [5.74, 6) is 0.415. The van der Waals surface area contributed by atoms with Crippen molar-refractivity contribution in [1.29, 1.82) is 0 Å². The fourth-order valence-electron chi connectivity index (χ4n) is 2.58. The lowest BCUT2D eigenvalue weighted by Crippen LogP contribution is -2.32. The third-order valence-electron chi connectivity index (χ3n) is 3.80. The maximum Gasteiger partial charge on any atom is 0.250 e. The van der Waals surface area contributed by atoms with Crippen molar-refractivity contribution in [3.8, 4) is 5.75 Å². The van der Waals surface area contributed by atoms with E-state index in [0.717, 1.165) is 22.0 Å². The van der Waals surface area contributed by atoms with Gasteiger partial charge < -0.3 is 10.1 Å². The topological polar surface area (TPSA) is 50.4 Å². The summed E-state index contributed by atoms with van der Waals surface area (Å²) >= 11 is 5.18. The molecule has 2 N–H and O–H groups in total. The number of hydrogen-bond acceptors (Lipinski definition) is 3. The van der Waals surface area contributed by atoms with Crippen molar-refractivity contribution >= 4 is 45.8 Å². The van der Waals surface area contributed by atoms with E-state index in [4.69, 9.17) is 17.0 Å². The van der Waals surface area contributed by atoms with Crippen molar-refractivity contribution in [3.63, 3.8) is 0 Å². The van der Waals surface area contributed by atoms with Crippen LogP contribution in [0.2, 0.25) is 0 Å². The van der Waals surface area contributed by atoms with E-state index >= 15 is 0 Å². The maximum atomic E-state index is 12.1. The molecule has 3 rings (SSSR count). The van der Waals surface area contributed by atoms with Gasteiger partial charge in [-0.15, -0.1) is 0 Å². The standard InChI is InChI=1S/C21H18N2O2S/c1-25-18-10-5-9-17(14-18)22-21(26)23-20(24)13-12-16-8-4-7-15-6-2-3-11-19(15)16/h2-14H,1H3,(H2,22,23,24,26). The summed E-state index contributed by atoms with van der Waals surface area (Å²) in [7, 11) is 1.59. The smallest absolute Gasteiger partial charge is 0.250 e. The van der Waals surface area contributed by atoms with E-state index < -0.39 is 0 Å². The molecule has 3 aromatic carbocycles. The van der Waals surface area contributed by atoms with Gasteiger partial charge in [0.15, 0.2) is 5.11 Å². The molecule has 0 saturated heterocycles. The van der Waals surface area contributed by atoms with E-state index in [2.05, 4.69) is 10.6 Å². The second kappa shape index (κ2) is 8.27. The number of methoxy groups -OCH3 is 1. The first-order valence-corrected chi connectivity index (χ1v) is 8.48. The largest absolute Gasteiger partial charge is 0.497 e. The number of hydrogen-bond donors (Lipinski definition) is 2. The van der Waals surface area contributed by atoms with Crippen LogP contribution in [0.4, 0.5) is 5.69 Å². The van der Waals surface area contributed by atoms with Crippen molar-refractivity contribution < 1.29 is 9.53 Å². The van der Waals surface area contributed by atoms with E-state index in [1.54, 1.807) is 19.3 Å². The van der Waals surface area contributed by atoms with Crippen molar-refractivity contribution in [1.82, 2.24) is 5.32 Å². The minimum Gasteiger partial charge on any atom is -0.497 e. The van der Waals surface area contributed by atoms with Gasteiger partial charge in [-0.05, 0) is 46.8 Å². The second-order valence-electron chi connectivity index (χ2n) is 5.58. The average molecular weight is 362 g/mol. The van der Waals surface area contributed by atoms with Crippen LogP contribution in [0.25, 0.3) is 16.8 Å². The van der Waals surface area contributed by atoms with Gasteiger partial charge >= 0.3 is 0 Å². The predicted octanol–water partition coefficient (Wildman–Crippen LogP) is 4.37. The Kier molecular flexibility index (Phi) is 5.61. The van der Waals surface area contributed by atoms with Crippen LogP contribution < -0.4 is 15.4 Å². The zero-order valence-corrected chi connectivity index (χ0v) is 15.0. The Hall–Kier alpha value is -3.18. The first-order chi connectivity index (χ1) is 12.7. The van der Waals surface area contributed by atoms with E-state index in [1.165, 1.54) is 6.08 Å². The maximum absolute atomic E-state index is 12.1. The van der Waals surface area contributed by atoms with Gasteiger partial charge in [-0.1, -0.05) is 48.5 Å². The number of nitrogens with one attached hydrogen (secondary N) is 2. The number of thiocarbonyl (C=S) groups is 1. The van der Waals surface area contributed by atoms with Crippen molar-refractivity contribution in [2.45, 2.75) is 0 Å². The molecule has 26 heavy (non-hydrogen) atoms. The van der Waals surface area contributed by atoms with Crippen molar-refractivity contribution in [2.24, 2.45) is 0 Å². The molecule has 4 nitrogen and oxygen atoms in total. The Bertz CT molecular complexity index is 977. The van der Waals surface area contributed by atoms with Crippen LogP contribution in [0.15, 0.2) is 72.8 Å². The molecule has 0 radical (unpaired) electrons. The molecule has 0 fully saturated rings. The Labute approximate surface area is 157 Å². The lowest BCUT2D eigenvalue weighted by molar-refractivity contribution is -0.115. The van der Waals surface area contributed by atoms with Gasteiger partial charge in [-0.25, -0.2) is 0 Å². The Balaban J connectivity index is 1.64. The van der Waals surface area contributed by atoms with Gasteiger partial charge in [0.2, 0.25) is 5.91 Å². The third-order valence-corrected chi connectivity index (χ3v) is 4.01. The molecule has 0 saturated carbocycles. The monoisotopic (exact) mass is 362 g/mol. The van der Waals surface area contributed by atoms with Crippen LogP contribution in [0.5, 0.6) is 5.75 Å². The summed E-state index contributed by atoms with van der Waals surface area (Å²) in [6.45, 7) is 0. The summed E-state index contributed by atoms with van der Waals surface area (Å²) in [5, 5.41) is 8.05. The van der Waals surface area contributed by atoms with Crippen molar-refractivity contribution in [2.75, 3.05) is 12.4 Å². The molecule has 0 aliphatic carbocycles. The normalized spacial score (nSPS) is 10.7. The summed E-state index contributed by atoms with van der Waals surface area (Å²) in [6, 6.07) is 21.3. The Morgan fingerprint density at radius 3 is 2.65 bits per heavy atom. The van der Waals surface area contributed by atoms with E-state index in [1.807, 2.05) is 60.7 Å². The summed E-state index contributed by atoms with van der Waals surface area (Å²) in [5.41, 5.74) is 1.72. The van der Waals surface area contributed by atoms with Gasteiger partial charge in [0, 0.05) is 17.8 Å². The number of anilines is 1. The van der Waals surface area contributed by atoms with Crippen LogP contribution in [-0.2, 0) is 4.79 Å². The molecule has 0 aliphatic heterocycles. The van der Waals surface area contributed by atoms with E-state index in [9.17, 15) is 4.79 Å². The highest BCUT2D eigenvalue weighted by molar-refractivity contribution is 7.80. The van der Waals surface area contributed by atoms with Gasteiger partial charge in [0.25, 0.3) is 0 Å². The highest BCUT2D eigenvalue weighted by Crippen LogP contribution is 2.19. The van der Waals surface area contributed by atoms with Crippen LogP contribution >= 0.6 is 12.2 Å². The zero-order valence-electron chi connectivity index (χ0n) is 14.2. The highest BCUT2D eigenvalue weighted by Gasteiger charge is 2.03. The van der Waals surface area contributed by atoms with Crippen LogP contribution in [0.1, 0.15) is 5.56 Å². The predicted molar refractivity (Wildman–Crippen MR) is 110 cm³/mol. The Morgan fingerprint density at radius 2 is 1.81 bits per heavy atom. The van der Waals surface area contributed by atoms with Gasteiger partial charge in [0.05, 0.1) is 7.11 Å². The van der Waals surface area contributed by atoms with Gasteiger partial charge in [-0.3, -0.25) is 10.1 Å². The van der Waals surface area contributed by atoms with Crippen LogP contribution in [0, 0.1) is 0 Å². The first kappa shape index (κ1) is 17.6. The summed E-state index contributed by atoms with van der Waals surface area (Å²) in [6.07, 6.45) is 3.26. The first-order valence-electron chi connectivity index (χ1n) is 8.07. The summed E-state index contributed by atoms with van der Waals surface area (Å²) in [4.78, 5) is 12.1. The second-order valence-corrected chi connectivity index (χ2v) is 5.99. The van der Waals surface area contributed by atoms with E-state index in [-0.39, 0.29) is 11.0 Å². The molecule has 1 amide bonds. The number of rotatable bonds is 4. The highest BCUT2D eigenvalue weighted by atomic mass is 32.1. The van der Waals surface area contributed by atoms with Gasteiger partial charge in [-0.2, -0.15) is 0 Å². The molecule has 0 bridgehead atoms. The van der Waals surface area contributed by atoms with Crippen LogP contribution in [0.3, 0.4) is 0 Å². The minimum atomic E-state index is -0.293. The molecule has 5 heteroatoms. The molecule has 0 aliphatic rings. The number of amides is 1. The van der Waals surface area contributed by atoms with Gasteiger partial charge in [0.1, 0.15) is 5.75 Å². The number of fused-ring (bicyclic) bond motifs is 1. The number of ether oxygens (including phenoxy) is 1. The molecule has 0 spiro atoms. The fraction of sp³-hybridized carbons (Fsp3) is 0.0476. The van der Waals surface area contributed by atoms with E-state index in [0.29, 0.717) is 5.75 Å². The SMILES string of the molecule is COc1cccc(NC(=S)NC(=O)C=Cc2cccc3ccccc23)c1. The molecule has 0 atom stereocenters. The number of carbonyl (C=O) groups is 1. The molecule has 3 aromatic rings. The van der Waals surface area contributed by atoms with Crippen LogP contribution in [-0.4, -0.2) is 18.1 Å². The van der Waals surface area contributed by atoms with Crippen molar-refractivity contribution in [3.05, 3.63) is 78.4 Å². The zero-order chi connectivity index (χ0) is 18.4. The third kappa shape index (κ3) is 4.46. The lowest BCUT2D eigenvalue weighted by Gasteiger charge is -2.09. The molecule has 0 heterocycles. The summed E-state index contributed by atoms with van der Waals surface area (Å²) < 4.78 is 5.16. The molecule has 0 aromatic heterocycles. The minimum absolute atomic E-state index is 0.228. The average Bonchev–Trinajstić information content (AvgIpc) is 2.66. The molecule has 0 unspecified atom stereocenters. The molecule has 130 valence electrons. The fourth-order valence-corrected chi connectivity index (χ4v) is 2.80. The number of carbonyl (C=O) groups excluding carboxylic acids is 1. The quantitative estimate of drug-likeness (QED) is 0.534.